The molecule has 9 heteroatoms. The van der Waals surface area contributed by atoms with Gasteiger partial charge in [-0.15, -0.1) is 11.3 Å². The number of aromatic amines is 2. The minimum Gasteiger partial charge on any atom is -0.344 e. The fourth-order valence-electron chi connectivity index (χ4n) is 2.77. The molecule has 0 unspecified atom stereocenters. The number of thiazole rings is 1. The molecule has 8 nitrogen and oxygen atoms in total. The maximum absolute atomic E-state index is 4.79. The van der Waals surface area contributed by atoms with Crippen LogP contribution in [0.5, 0.6) is 0 Å². The molecule has 0 atom stereocenters. The highest BCUT2D eigenvalue weighted by Gasteiger charge is 2.23. The second kappa shape index (κ2) is 6.54. The minimum atomic E-state index is 0.515. The van der Waals surface area contributed by atoms with E-state index < -0.39 is 0 Å². The summed E-state index contributed by atoms with van der Waals surface area (Å²) in [6, 6.07) is 7.51. The molecule has 0 amide bonds. The van der Waals surface area contributed by atoms with Gasteiger partial charge in [-0.05, 0) is 18.2 Å². The second-order valence-electron chi connectivity index (χ2n) is 5.58. The van der Waals surface area contributed by atoms with E-state index in [-0.39, 0.29) is 0 Å². The van der Waals surface area contributed by atoms with E-state index in [2.05, 4.69) is 30.1 Å². The molecule has 5 rings (SSSR count). The quantitative estimate of drug-likeness (QED) is 0.500. The summed E-state index contributed by atoms with van der Waals surface area (Å²) in [4.78, 5) is 26.0. The van der Waals surface area contributed by atoms with Gasteiger partial charge in [0.15, 0.2) is 5.82 Å². The van der Waals surface area contributed by atoms with Gasteiger partial charge in [0.2, 0.25) is 0 Å². The Morgan fingerprint density at radius 3 is 2.52 bits per heavy atom. The molecular formula is C18H12N8S. The highest BCUT2D eigenvalue weighted by atomic mass is 32.1. The number of pyridine rings is 1. The first kappa shape index (κ1) is 15.5. The first-order chi connectivity index (χ1) is 13.4. The predicted octanol–water partition coefficient (Wildman–Crippen LogP) is 3.44. The Morgan fingerprint density at radius 1 is 0.852 bits per heavy atom. The van der Waals surface area contributed by atoms with Gasteiger partial charge in [0.1, 0.15) is 27.9 Å². The average molecular weight is 372 g/mol. The van der Waals surface area contributed by atoms with Gasteiger partial charge in [0.05, 0.1) is 11.3 Å². The van der Waals surface area contributed by atoms with E-state index in [0.29, 0.717) is 28.7 Å². The van der Waals surface area contributed by atoms with Gasteiger partial charge in [-0.25, -0.2) is 19.9 Å². The van der Waals surface area contributed by atoms with Crippen LogP contribution in [0.3, 0.4) is 0 Å². The lowest BCUT2D eigenvalue weighted by Gasteiger charge is -2.12. The zero-order chi connectivity index (χ0) is 18.1. The molecule has 0 spiro atoms. The van der Waals surface area contributed by atoms with E-state index in [1.807, 2.05) is 29.6 Å². The van der Waals surface area contributed by atoms with Gasteiger partial charge in [-0.1, -0.05) is 6.07 Å². The fraction of sp³-hybridized carbons (Fsp3) is 0. The monoisotopic (exact) mass is 372 g/mol. The predicted molar refractivity (Wildman–Crippen MR) is 102 cm³/mol. The third-order valence-electron chi connectivity index (χ3n) is 3.93. The lowest BCUT2D eigenvalue weighted by atomic mass is 10.1. The van der Waals surface area contributed by atoms with Gasteiger partial charge in [-0.3, -0.25) is 10.1 Å². The number of hydrogen-bond donors (Lipinski definition) is 2. The van der Waals surface area contributed by atoms with E-state index >= 15 is 0 Å². The second-order valence-corrected chi connectivity index (χ2v) is 6.47. The summed E-state index contributed by atoms with van der Waals surface area (Å²) in [5, 5.41) is 9.75. The minimum absolute atomic E-state index is 0.515. The smallest absolute Gasteiger partial charge is 0.179 e. The van der Waals surface area contributed by atoms with Crippen molar-refractivity contribution in [1.29, 1.82) is 0 Å². The summed E-state index contributed by atoms with van der Waals surface area (Å²) in [5.41, 5.74) is 3.59. The van der Waals surface area contributed by atoms with Crippen LogP contribution < -0.4 is 0 Å². The van der Waals surface area contributed by atoms with E-state index in [1.165, 1.54) is 11.3 Å². The average Bonchev–Trinajstić information content (AvgIpc) is 3.51. The summed E-state index contributed by atoms with van der Waals surface area (Å²) >= 11 is 1.51. The normalized spacial score (nSPS) is 11.0. The van der Waals surface area contributed by atoms with Gasteiger partial charge < -0.3 is 4.98 Å². The number of rotatable bonds is 4. The molecule has 5 aromatic heterocycles. The number of aromatic nitrogens is 8. The molecule has 2 N–H and O–H groups in total. The van der Waals surface area contributed by atoms with Crippen molar-refractivity contribution in [3.05, 3.63) is 60.6 Å². The first-order valence-corrected chi connectivity index (χ1v) is 9.01. The van der Waals surface area contributed by atoms with Crippen molar-refractivity contribution in [3.8, 4) is 45.0 Å². The summed E-state index contributed by atoms with van der Waals surface area (Å²) in [5.74, 6) is 1.18. The molecule has 0 fully saturated rings. The SMILES string of the molecule is c1ccc(-c2nc(-c3ccn[nH]3)c(-c3ncc[nH]3)c(-c3nccs3)n2)nc1. The van der Waals surface area contributed by atoms with Crippen molar-refractivity contribution >= 4 is 11.3 Å². The first-order valence-electron chi connectivity index (χ1n) is 8.13. The van der Waals surface area contributed by atoms with Crippen molar-refractivity contribution < 1.29 is 0 Å². The molecule has 0 saturated heterocycles. The third-order valence-corrected chi connectivity index (χ3v) is 4.71. The van der Waals surface area contributed by atoms with Crippen LogP contribution in [0.25, 0.3) is 45.0 Å². The van der Waals surface area contributed by atoms with Crippen molar-refractivity contribution in [2.24, 2.45) is 0 Å². The molecule has 0 bridgehead atoms. The van der Waals surface area contributed by atoms with Crippen LogP contribution in [0.4, 0.5) is 0 Å². The number of hydrogen-bond acceptors (Lipinski definition) is 7. The van der Waals surface area contributed by atoms with E-state index in [9.17, 15) is 0 Å². The van der Waals surface area contributed by atoms with Crippen molar-refractivity contribution in [1.82, 2.24) is 40.1 Å². The Labute approximate surface area is 157 Å². The molecule has 0 aliphatic rings. The third kappa shape index (κ3) is 2.79. The van der Waals surface area contributed by atoms with E-state index in [1.54, 1.807) is 31.0 Å². The summed E-state index contributed by atoms with van der Waals surface area (Å²) in [6.45, 7) is 0. The van der Waals surface area contributed by atoms with Gasteiger partial charge >= 0.3 is 0 Å². The lowest BCUT2D eigenvalue weighted by molar-refractivity contribution is 1.07. The highest BCUT2D eigenvalue weighted by Crippen LogP contribution is 2.37. The van der Waals surface area contributed by atoms with Crippen LogP contribution in [0, 0.1) is 0 Å². The van der Waals surface area contributed by atoms with Gasteiger partial charge in [0.25, 0.3) is 0 Å². The largest absolute Gasteiger partial charge is 0.344 e. The molecule has 0 aliphatic heterocycles. The number of nitrogens with zero attached hydrogens (tertiary/aromatic N) is 6. The molecule has 5 heterocycles. The molecular weight excluding hydrogens is 360 g/mol. The van der Waals surface area contributed by atoms with E-state index in [4.69, 9.17) is 9.97 Å². The summed E-state index contributed by atoms with van der Waals surface area (Å²) in [7, 11) is 0. The van der Waals surface area contributed by atoms with E-state index in [0.717, 1.165) is 16.3 Å². The van der Waals surface area contributed by atoms with Gasteiger partial charge in [-0.2, -0.15) is 5.10 Å². The Bertz CT molecular complexity index is 1090. The Morgan fingerprint density at radius 2 is 1.81 bits per heavy atom. The molecule has 5 aromatic rings. The lowest BCUT2D eigenvalue weighted by Crippen LogP contribution is -2.02. The Balaban J connectivity index is 1.86. The van der Waals surface area contributed by atoms with Crippen LogP contribution in [-0.4, -0.2) is 40.1 Å². The molecule has 0 radical (unpaired) electrons. The topological polar surface area (TPSA) is 109 Å². The molecule has 0 aliphatic carbocycles. The molecule has 27 heavy (non-hydrogen) atoms. The van der Waals surface area contributed by atoms with Crippen LogP contribution in [0.2, 0.25) is 0 Å². The molecule has 130 valence electrons. The van der Waals surface area contributed by atoms with Gasteiger partial charge in [0, 0.05) is 36.4 Å². The van der Waals surface area contributed by atoms with Crippen LogP contribution >= 0.6 is 11.3 Å². The van der Waals surface area contributed by atoms with Crippen LogP contribution in [0.1, 0.15) is 0 Å². The number of imidazole rings is 1. The maximum atomic E-state index is 4.79. The zero-order valence-corrected chi connectivity index (χ0v) is 14.7. The Kier molecular flexibility index (Phi) is 3.76. The van der Waals surface area contributed by atoms with Crippen LogP contribution in [0.15, 0.2) is 60.6 Å². The summed E-state index contributed by atoms with van der Waals surface area (Å²) in [6.07, 6.45) is 8.63. The molecule has 0 aromatic carbocycles. The maximum Gasteiger partial charge on any atom is 0.179 e. The number of nitrogens with one attached hydrogen (secondary N) is 2. The number of H-pyrrole nitrogens is 2. The zero-order valence-electron chi connectivity index (χ0n) is 13.9. The van der Waals surface area contributed by atoms with Crippen LogP contribution in [-0.2, 0) is 0 Å². The highest BCUT2D eigenvalue weighted by molar-refractivity contribution is 7.13. The van der Waals surface area contributed by atoms with Crippen molar-refractivity contribution in [2.75, 3.05) is 0 Å². The molecule has 0 saturated carbocycles. The van der Waals surface area contributed by atoms with Crippen molar-refractivity contribution in [3.63, 3.8) is 0 Å². The Hall–Kier alpha value is -3.72. The standard InChI is InChI=1S/C18H12N8S/c1-2-5-19-12(3-1)16-24-14(11-4-6-23-26-11)13(17-20-7-8-21-17)15(25-16)18-22-9-10-27-18/h1-10H,(H,20,21)(H,23,26). The van der Waals surface area contributed by atoms with Crippen molar-refractivity contribution in [2.45, 2.75) is 0 Å². The fourth-order valence-corrected chi connectivity index (χ4v) is 3.41. The summed E-state index contributed by atoms with van der Waals surface area (Å²) < 4.78 is 0.